The van der Waals surface area contributed by atoms with Crippen molar-refractivity contribution >= 4 is 22.9 Å². The van der Waals surface area contributed by atoms with Crippen LogP contribution in [-0.2, 0) is 0 Å². The van der Waals surface area contributed by atoms with Gasteiger partial charge in [-0.1, -0.05) is 18.2 Å². The summed E-state index contributed by atoms with van der Waals surface area (Å²) in [5, 5.41) is 2.41. The maximum atomic E-state index is 12.0. The molecular formula is C12H12N2OS. The van der Waals surface area contributed by atoms with Crippen LogP contribution in [0.1, 0.15) is 15.5 Å². The van der Waals surface area contributed by atoms with Crippen LogP contribution in [0.15, 0.2) is 35.7 Å². The number of benzene rings is 1. The van der Waals surface area contributed by atoms with Crippen molar-refractivity contribution in [3.05, 3.63) is 46.4 Å². The van der Waals surface area contributed by atoms with Gasteiger partial charge < -0.3 is 4.90 Å². The standard InChI is InChI=1S/C12H12N2OS/c1-9-8-16-11(13-9)12(15)14(2)10-6-4-3-5-7-10/h3-8H,1-2H3. The van der Waals surface area contributed by atoms with Crippen molar-refractivity contribution in [2.24, 2.45) is 0 Å². The number of carbonyl (C=O) groups is 1. The second-order valence-corrected chi connectivity index (χ2v) is 4.35. The first-order valence-corrected chi connectivity index (χ1v) is 5.81. The Bertz CT molecular complexity index is 493. The van der Waals surface area contributed by atoms with Crippen LogP contribution in [0.5, 0.6) is 0 Å². The molecule has 16 heavy (non-hydrogen) atoms. The summed E-state index contributed by atoms with van der Waals surface area (Å²) in [6, 6.07) is 9.55. The lowest BCUT2D eigenvalue weighted by molar-refractivity contribution is 0.0992. The highest BCUT2D eigenvalue weighted by molar-refractivity contribution is 7.11. The van der Waals surface area contributed by atoms with Crippen LogP contribution in [0.3, 0.4) is 0 Å². The number of carbonyl (C=O) groups excluding carboxylic acids is 1. The Kier molecular flexibility index (Phi) is 3.01. The number of rotatable bonds is 2. The minimum Gasteiger partial charge on any atom is -0.309 e. The normalized spacial score (nSPS) is 10.1. The van der Waals surface area contributed by atoms with Gasteiger partial charge in [-0.05, 0) is 19.1 Å². The number of aromatic nitrogens is 1. The number of hydrogen-bond acceptors (Lipinski definition) is 3. The van der Waals surface area contributed by atoms with E-state index >= 15 is 0 Å². The summed E-state index contributed by atoms with van der Waals surface area (Å²) in [5.41, 5.74) is 1.76. The summed E-state index contributed by atoms with van der Waals surface area (Å²) in [6.45, 7) is 1.88. The van der Waals surface area contributed by atoms with E-state index in [2.05, 4.69) is 4.98 Å². The summed E-state index contributed by atoms with van der Waals surface area (Å²) in [5.74, 6) is -0.0655. The van der Waals surface area contributed by atoms with Crippen LogP contribution in [-0.4, -0.2) is 17.9 Å². The van der Waals surface area contributed by atoms with Crippen molar-refractivity contribution in [3.63, 3.8) is 0 Å². The van der Waals surface area contributed by atoms with Crippen molar-refractivity contribution in [2.75, 3.05) is 11.9 Å². The third kappa shape index (κ3) is 2.12. The molecule has 2 aromatic rings. The fraction of sp³-hybridized carbons (Fsp3) is 0.167. The molecule has 1 aromatic carbocycles. The summed E-state index contributed by atoms with van der Waals surface area (Å²) in [7, 11) is 1.76. The molecule has 0 fully saturated rings. The topological polar surface area (TPSA) is 33.2 Å². The molecule has 1 amide bonds. The molecule has 0 saturated heterocycles. The summed E-state index contributed by atoms with van der Waals surface area (Å²) in [4.78, 5) is 17.8. The average Bonchev–Trinajstić information content (AvgIpc) is 2.75. The molecule has 82 valence electrons. The Morgan fingerprint density at radius 3 is 2.56 bits per heavy atom. The van der Waals surface area contributed by atoms with E-state index in [9.17, 15) is 4.79 Å². The monoisotopic (exact) mass is 232 g/mol. The van der Waals surface area contributed by atoms with Crippen LogP contribution in [0.2, 0.25) is 0 Å². The fourth-order valence-corrected chi connectivity index (χ4v) is 2.13. The number of amides is 1. The fourth-order valence-electron chi connectivity index (χ4n) is 1.36. The van der Waals surface area contributed by atoms with E-state index in [0.29, 0.717) is 5.01 Å². The lowest BCUT2D eigenvalue weighted by Gasteiger charge is -2.15. The summed E-state index contributed by atoms with van der Waals surface area (Å²) in [6.07, 6.45) is 0. The Labute approximate surface area is 98.4 Å². The van der Waals surface area contributed by atoms with E-state index in [1.807, 2.05) is 42.6 Å². The van der Waals surface area contributed by atoms with Crippen molar-refractivity contribution in [1.82, 2.24) is 4.98 Å². The van der Waals surface area contributed by atoms with Crippen LogP contribution in [0.25, 0.3) is 0 Å². The Morgan fingerprint density at radius 2 is 2.00 bits per heavy atom. The zero-order valence-corrected chi connectivity index (χ0v) is 9.99. The molecule has 0 saturated carbocycles. The van der Waals surface area contributed by atoms with Crippen molar-refractivity contribution in [3.8, 4) is 0 Å². The molecule has 0 bridgehead atoms. The Hall–Kier alpha value is -1.68. The molecule has 2 rings (SSSR count). The molecule has 0 radical (unpaired) electrons. The van der Waals surface area contributed by atoms with Gasteiger partial charge in [-0.25, -0.2) is 4.98 Å². The van der Waals surface area contributed by atoms with Gasteiger partial charge in [0.25, 0.3) is 5.91 Å². The molecule has 0 unspecified atom stereocenters. The predicted octanol–water partition coefficient (Wildman–Crippen LogP) is 2.73. The largest absolute Gasteiger partial charge is 0.309 e. The molecule has 1 aromatic heterocycles. The van der Waals surface area contributed by atoms with Crippen LogP contribution in [0, 0.1) is 6.92 Å². The second-order valence-electron chi connectivity index (χ2n) is 3.49. The number of para-hydroxylation sites is 1. The van der Waals surface area contributed by atoms with Gasteiger partial charge in [-0.3, -0.25) is 4.79 Å². The Balaban J connectivity index is 2.23. The average molecular weight is 232 g/mol. The highest BCUT2D eigenvalue weighted by atomic mass is 32.1. The third-order valence-corrected chi connectivity index (χ3v) is 3.20. The van der Waals surface area contributed by atoms with Crippen LogP contribution >= 0.6 is 11.3 Å². The highest BCUT2D eigenvalue weighted by Crippen LogP contribution is 2.17. The van der Waals surface area contributed by atoms with E-state index < -0.39 is 0 Å². The molecule has 0 N–H and O–H groups in total. The van der Waals surface area contributed by atoms with Gasteiger partial charge in [0.15, 0.2) is 5.01 Å². The van der Waals surface area contributed by atoms with E-state index in [1.165, 1.54) is 11.3 Å². The van der Waals surface area contributed by atoms with Crippen molar-refractivity contribution < 1.29 is 4.79 Å². The molecule has 3 nitrogen and oxygen atoms in total. The predicted molar refractivity (Wildman–Crippen MR) is 66.0 cm³/mol. The second kappa shape index (κ2) is 4.45. The zero-order valence-electron chi connectivity index (χ0n) is 9.18. The van der Waals surface area contributed by atoms with Crippen LogP contribution < -0.4 is 4.90 Å². The zero-order chi connectivity index (χ0) is 11.5. The minimum atomic E-state index is -0.0655. The smallest absolute Gasteiger partial charge is 0.286 e. The Morgan fingerprint density at radius 1 is 1.31 bits per heavy atom. The van der Waals surface area contributed by atoms with Gasteiger partial charge in [-0.2, -0.15) is 0 Å². The number of hydrogen-bond donors (Lipinski definition) is 0. The molecule has 0 aliphatic rings. The summed E-state index contributed by atoms with van der Waals surface area (Å²) < 4.78 is 0. The van der Waals surface area contributed by atoms with Crippen LogP contribution in [0.4, 0.5) is 5.69 Å². The molecule has 0 spiro atoms. The quantitative estimate of drug-likeness (QED) is 0.797. The molecular weight excluding hydrogens is 220 g/mol. The third-order valence-electron chi connectivity index (χ3n) is 2.25. The van der Waals surface area contributed by atoms with Crippen molar-refractivity contribution in [2.45, 2.75) is 6.92 Å². The number of thiazole rings is 1. The minimum absolute atomic E-state index is 0.0655. The summed E-state index contributed by atoms with van der Waals surface area (Å²) >= 11 is 1.38. The first kappa shape index (κ1) is 10.8. The van der Waals surface area contributed by atoms with Gasteiger partial charge in [0.1, 0.15) is 0 Å². The van der Waals surface area contributed by atoms with Gasteiger partial charge in [-0.15, -0.1) is 11.3 Å². The highest BCUT2D eigenvalue weighted by Gasteiger charge is 2.16. The number of nitrogens with zero attached hydrogens (tertiary/aromatic N) is 2. The SMILES string of the molecule is Cc1csc(C(=O)N(C)c2ccccc2)n1. The van der Waals surface area contributed by atoms with Gasteiger partial charge in [0.05, 0.1) is 0 Å². The molecule has 1 heterocycles. The van der Waals surface area contributed by atoms with Gasteiger partial charge in [0, 0.05) is 23.8 Å². The molecule has 0 atom stereocenters. The lowest BCUT2D eigenvalue weighted by Crippen LogP contribution is -2.25. The maximum absolute atomic E-state index is 12.0. The van der Waals surface area contributed by atoms with E-state index in [4.69, 9.17) is 0 Å². The van der Waals surface area contributed by atoms with Crippen molar-refractivity contribution in [1.29, 1.82) is 0 Å². The molecule has 0 aliphatic heterocycles. The number of aryl methyl sites for hydroxylation is 1. The van der Waals surface area contributed by atoms with Gasteiger partial charge in [0.2, 0.25) is 0 Å². The first-order chi connectivity index (χ1) is 7.68. The van der Waals surface area contributed by atoms with E-state index in [0.717, 1.165) is 11.4 Å². The van der Waals surface area contributed by atoms with Gasteiger partial charge >= 0.3 is 0 Å². The lowest BCUT2D eigenvalue weighted by atomic mass is 10.3. The molecule has 0 aliphatic carbocycles. The number of anilines is 1. The molecule has 4 heteroatoms. The first-order valence-electron chi connectivity index (χ1n) is 4.93. The van der Waals surface area contributed by atoms with E-state index in [1.54, 1.807) is 11.9 Å². The van der Waals surface area contributed by atoms with E-state index in [-0.39, 0.29) is 5.91 Å². The maximum Gasteiger partial charge on any atom is 0.286 e.